The monoisotopic (exact) mass is 295 g/mol. The van der Waals surface area contributed by atoms with Gasteiger partial charge in [0.1, 0.15) is 0 Å². The minimum absolute atomic E-state index is 0.861. The molecule has 2 aromatic carbocycles. The van der Waals surface area contributed by atoms with E-state index in [4.69, 9.17) is 12.2 Å². The second kappa shape index (κ2) is 7.19. The van der Waals surface area contributed by atoms with Crippen molar-refractivity contribution in [1.29, 1.82) is 0 Å². The maximum absolute atomic E-state index is 5.48. The molecule has 0 bridgehead atoms. The van der Waals surface area contributed by atoms with Gasteiger partial charge in [0.2, 0.25) is 0 Å². The minimum atomic E-state index is 0.861. The van der Waals surface area contributed by atoms with Crippen LogP contribution in [0.15, 0.2) is 54.6 Å². The SMILES string of the molecule is CCc1ccc(C=CC(=S)c2ccccc2)c(N(C)C)c1. The quantitative estimate of drug-likeness (QED) is 0.445. The Kier molecular flexibility index (Phi) is 5.29. The molecule has 0 aromatic heterocycles. The van der Waals surface area contributed by atoms with Gasteiger partial charge in [-0.05, 0) is 35.3 Å². The summed E-state index contributed by atoms with van der Waals surface area (Å²) in [7, 11) is 4.14. The molecule has 0 spiro atoms. The van der Waals surface area contributed by atoms with Gasteiger partial charge in [-0.1, -0.05) is 67.7 Å². The van der Waals surface area contributed by atoms with Gasteiger partial charge in [0.25, 0.3) is 0 Å². The van der Waals surface area contributed by atoms with E-state index in [0.717, 1.165) is 16.8 Å². The van der Waals surface area contributed by atoms with Crippen LogP contribution in [-0.4, -0.2) is 19.0 Å². The number of nitrogens with zero attached hydrogens (tertiary/aromatic N) is 1. The van der Waals surface area contributed by atoms with Crippen LogP contribution >= 0.6 is 12.2 Å². The maximum atomic E-state index is 5.48. The molecule has 0 radical (unpaired) electrons. The van der Waals surface area contributed by atoms with Crippen LogP contribution in [0.25, 0.3) is 6.08 Å². The number of hydrogen-bond donors (Lipinski definition) is 0. The number of hydrogen-bond acceptors (Lipinski definition) is 2. The zero-order valence-corrected chi connectivity index (χ0v) is 13.7. The summed E-state index contributed by atoms with van der Waals surface area (Å²) in [5.74, 6) is 0. The molecule has 0 aliphatic carbocycles. The zero-order valence-electron chi connectivity index (χ0n) is 12.8. The Balaban J connectivity index is 2.26. The van der Waals surface area contributed by atoms with Crippen molar-refractivity contribution in [3.05, 3.63) is 71.3 Å². The lowest BCUT2D eigenvalue weighted by atomic mass is 10.0. The fourth-order valence-electron chi connectivity index (χ4n) is 2.20. The second-order valence-corrected chi connectivity index (χ2v) is 5.64. The third kappa shape index (κ3) is 4.02. The van der Waals surface area contributed by atoms with Crippen LogP contribution < -0.4 is 4.90 Å². The van der Waals surface area contributed by atoms with Gasteiger partial charge in [0.05, 0.1) is 0 Å². The number of thiocarbonyl (C=S) groups is 1. The summed E-state index contributed by atoms with van der Waals surface area (Å²) in [5.41, 5.74) is 4.85. The second-order valence-electron chi connectivity index (χ2n) is 5.20. The lowest BCUT2D eigenvalue weighted by Crippen LogP contribution is -2.10. The molecule has 0 saturated heterocycles. The van der Waals surface area contributed by atoms with Gasteiger partial charge in [-0.15, -0.1) is 0 Å². The van der Waals surface area contributed by atoms with Crippen LogP contribution in [0.1, 0.15) is 23.6 Å². The van der Waals surface area contributed by atoms with E-state index in [1.54, 1.807) is 0 Å². The third-order valence-electron chi connectivity index (χ3n) is 3.46. The molecule has 2 heteroatoms. The van der Waals surface area contributed by atoms with Crippen LogP contribution in [-0.2, 0) is 6.42 Å². The lowest BCUT2D eigenvalue weighted by molar-refractivity contribution is 1.09. The van der Waals surface area contributed by atoms with Crippen LogP contribution in [0.4, 0.5) is 5.69 Å². The van der Waals surface area contributed by atoms with Gasteiger partial charge in [0, 0.05) is 24.6 Å². The highest BCUT2D eigenvalue weighted by Gasteiger charge is 2.04. The van der Waals surface area contributed by atoms with Gasteiger partial charge in [-0.3, -0.25) is 0 Å². The zero-order chi connectivity index (χ0) is 15.2. The highest BCUT2D eigenvalue weighted by molar-refractivity contribution is 7.81. The Bertz CT molecular complexity index is 642. The van der Waals surface area contributed by atoms with Crippen molar-refractivity contribution in [1.82, 2.24) is 0 Å². The Morgan fingerprint density at radius 3 is 2.43 bits per heavy atom. The van der Waals surface area contributed by atoms with E-state index in [1.165, 1.54) is 16.8 Å². The molecule has 0 N–H and O–H groups in total. The summed E-state index contributed by atoms with van der Waals surface area (Å²) in [6.45, 7) is 2.18. The molecule has 0 unspecified atom stereocenters. The van der Waals surface area contributed by atoms with Crippen molar-refractivity contribution in [2.24, 2.45) is 0 Å². The highest BCUT2D eigenvalue weighted by Crippen LogP contribution is 2.22. The number of anilines is 1. The van der Waals surface area contributed by atoms with Crippen molar-refractivity contribution in [3.8, 4) is 0 Å². The average molecular weight is 295 g/mol. The van der Waals surface area contributed by atoms with E-state index >= 15 is 0 Å². The smallest absolute Gasteiger partial charge is 0.0449 e. The number of aryl methyl sites for hydroxylation is 1. The Morgan fingerprint density at radius 1 is 1.10 bits per heavy atom. The molecule has 2 aromatic rings. The topological polar surface area (TPSA) is 3.24 Å². The summed E-state index contributed by atoms with van der Waals surface area (Å²) < 4.78 is 0. The van der Waals surface area contributed by atoms with Gasteiger partial charge >= 0.3 is 0 Å². The Labute approximate surface area is 132 Å². The Hall–Kier alpha value is -1.93. The van der Waals surface area contributed by atoms with E-state index in [2.05, 4.69) is 50.2 Å². The first-order chi connectivity index (χ1) is 10.1. The molecular formula is C19H21NS. The molecule has 108 valence electrons. The fourth-order valence-corrected chi connectivity index (χ4v) is 2.41. The molecule has 0 saturated carbocycles. The molecule has 2 rings (SSSR count). The van der Waals surface area contributed by atoms with E-state index in [1.807, 2.05) is 36.4 Å². The van der Waals surface area contributed by atoms with E-state index in [9.17, 15) is 0 Å². The molecule has 0 aliphatic rings. The largest absolute Gasteiger partial charge is 0.377 e. The fraction of sp³-hybridized carbons (Fsp3) is 0.211. The normalized spacial score (nSPS) is 10.8. The number of benzene rings is 2. The summed E-state index contributed by atoms with van der Waals surface area (Å²) >= 11 is 5.48. The first-order valence-electron chi connectivity index (χ1n) is 7.19. The van der Waals surface area contributed by atoms with Crippen molar-refractivity contribution in [3.63, 3.8) is 0 Å². The minimum Gasteiger partial charge on any atom is -0.377 e. The lowest BCUT2D eigenvalue weighted by Gasteiger charge is -2.17. The standard InChI is InChI=1S/C19H21NS/c1-4-15-10-11-16(18(14-15)20(2)3)12-13-19(21)17-8-6-5-7-9-17/h5-14H,4H2,1-3H3. The van der Waals surface area contributed by atoms with Crippen LogP contribution in [0.3, 0.4) is 0 Å². The molecular weight excluding hydrogens is 274 g/mol. The molecule has 0 fully saturated rings. The van der Waals surface area contributed by atoms with Crippen LogP contribution in [0.2, 0.25) is 0 Å². The maximum Gasteiger partial charge on any atom is 0.0449 e. The predicted molar refractivity (Wildman–Crippen MR) is 97.3 cm³/mol. The summed E-state index contributed by atoms with van der Waals surface area (Å²) in [6, 6.07) is 16.7. The third-order valence-corrected chi connectivity index (χ3v) is 3.83. The Morgan fingerprint density at radius 2 is 1.81 bits per heavy atom. The number of rotatable bonds is 5. The van der Waals surface area contributed by atoms with E-state index in [0.29, 0.717) is 0 Å². The molecule has 0 aliphatic heterocycles. The van der Waals surface area contributed by atoms with Crippen molar-refractivity contribution >= 4 is 28.8 Å². The highest BCUT2D eigenvalue weighted by atomic mass is 32.1. The van der Waals surface area contributed by atoms with Crippen LogP contribution in [0.5, 0.6) is 0 Å². The molecule has 1 nitrogen and oxygen atoms in total. The van der Waals surface area contributed by atoms with Crippen molar-refractivity contribution < 1.29 is 0 Å². The summed E-state index contributed by atoms with van der Waals surface area (Å²) in [5, 5.41) is 0. The molecule has 0 atom stereocenters. The summed E-state index contributed by atoms with van der Waals surface area (Å²) in [6.07, 6.45) is 5.16. The molecule has 21 heavy (non-hydrogen) atoms. The van der Waals surface area contributed by atoms with Gasteiger partial charge in [0.15, 0.2) is 0 Å². The van der Waals surface area contributed by atoms with Gasteiger partial charge < -0.3 is 4.90 Å². The van der Waals surface area contributed by atoms with Crippen molar-refractivity contribution in [2.45, 2.75) is 13.3 Å². The summed E-state index contributed by atoms with van der Waals surface area (Å²) in [4.78, 5) is 3.00. The average Bonchev–Trinajstić information content (AvgIpc) is 2.53. The van der Waals surface area contributed by atoms with Gasteiger partial charge in [-0.25, -0.2) is 0 Å². The number of allylic oxidation sites excluding steroid dienone is 1. The first kappa shape index (κ1) is 15.5. The molecule has 0 amide bonds. The van der Waals surface area contributed by atoms with Crippen LogP contribution in [0, 0.1) is 0 Å². The van der Waals surface area contributed by atoms with E-state index in [-0.39, 0.29) is 0 Å². The van der Waals surface area contributed by atoms with Crippen molar-refractivity contribution in [2.75, 3.05) is 19.0 Å². The molecule has 0 heterocycles. The predicted octanol–water partition coefficient (Wildman–Crippen LogP) is 4.75. The first-order valence-corrected chi connectivity index (χ1v) is 7.60. The van der Waals surface area contributed by atoms with Gasteiger partial charge in [-0.2, -0.15) is 0 Å². The van der Waals surface area contributed by atoms with E-state index < -0.39 is 0 Å².